The van der Waals surface area contributed by atoms with Crippen LogP contribution in [0.5, 0.6) is 5.75 Å². The number of rotatable bonds is 9. The van der Waals surface area contributed by atoms with Gasteiger partial charge in [0.25, 0.3) is 5.91 Å². The maximum atomic E-state index is 13.5. The van der Waals surface area contributed by atoms with Gasteiger partial charge in [-0.2, -0.15) is 0 Å². The average Bonchev–Trinajstić information content (AvgIpc) is 2.81. The van der Waals surface area contributed by atoms with E-state index in [9.17, 15) is 14.0 Å². The number of benzene rings is 3. The molecule has 0 heterocycles. The Labute approximate surface area is 206 Å². The van der Waals surface area contributed by atoms with Gasteiger partial charge in [0.15, 0.2) is 6.61 Å². The lowest BCUT2D eigenvalue weighted by atomic mass is 10.0. The Morgan fingerprint density at radius 1 is 0.914 bits per heavy atom. The number of halogens is 1. The normalized spacial score (nSPS) is 12.0. The first-order valence-electron chi connectivity index (χ1n) is 11.7. The number of para-hydroxylation sites is 1. The molecule has 0 radical (unpaired) electrons. The highest BCUT2D eigenvalue weighted by Crippen LogP contribution is 2.19. The minimum Gasteiger partial charge on any atom is -0.484 e. The lowest BCUT2D eigenvalue weighted by molar-refractivity contribution is -0.143. The topological polar surface area (TPSA) is 58.6 Å². The molecule has 0 fully saturated rings. The Hall–Kier alpha value is -3.67. The number of nitrogens with zero attached hydrogens (tertiary/aromatic N) is 1. The summed E-state index contributed by atoms with van der Waals surface area (Å²) in [6.45, 7) is 7.53. The van der Waals surface area contributed by atoms with Crippen LogP contribution >= 0.6 is 0 Å². The third kappa shape index (κ3) is 7.95. The van der Waals surface area contributed by atoms with Gasteiger partial charge in [-0.05, 0) is 62.6 Å². The number of hydrogen-bond donors (Lipinski definition) is 1. The molecule has 0 aliphatic heterocycles. The number of hydrogen-bond acceptors (Lipinski definition) is 3. The summed E-state index contributed by atoms with van der Waals surface area (Å²) in [4.78, 5) is 28.6. The predicted molar refractivity (Wildman–Crippen MR) is 135 cm³/mol. The maximum absolute atomic E-state index is 13.5. The molecule has 0 saturated heterocycles. The molecule has 5 nitrogen and oxygen atoms in total. The van der Waals surface area contributed by atoms with E-state index in [2.05, 4.69) is 5.32 Å². The summed E-state index contributed by atoms with van der Waals surface area (Å²) in [7, 11) is 0. The summed E-state index contributed by atoms with van der Waals surface area (Å²) in [5, 5.41) is 3.02. The van der Waals surface area contributed by atoms with Crippen LogP contribution in [0.25, 0.3) is 0 Å². The van der Waals surface area contributed by atoms with Crippen LogP contribution in [-0.4, -0.2) is 34.9 Å². The number of amides is 2. The Morgan fingerprint density at radius 3 is 2.17 bits per heavy atom. The predicted octanol–water partition coefficient (Wildman–Crippen LogP) is 5.07. The van der Waals surface area contributed by atoms with Gasteiger partial charge in [0.05, 0.1) is 0 Å². The van der Waals surface area contributed by atoms with Crippen molar-refractivity contribution >= 4 is 11.8 Å². The third-order valence-electron chi connectivity index (χ3n) is 5.48. The van der Waals surface area contributed by atoms with E-state index < -0.39 is 11.6 Å². The van der Waals surface area contributed by atoms with Crippen molar-refractivity contribution in [2.45, 2.75) is 52.2 Å². The van der Waals surface area contributed by atoms with Crippen LogP contribution in [0.3, 0.4) is 0 Å². The molecule has 2 amide bonds. The standard InChI is InChI=1S/C29H33FN2O3/c1-21-10-8-9-13-26(21)35-20-27(33)32(19-23-14-16-24(30)17-15-23)25(28(34)31-29(2,3)4)18-22-11-6-5-7-12-22/h5-17,25H,18-20H2,1-4H3,(H,31,34)/t25-/m0/s1. The molecule has 3 aromatic carbocycles. The van der Waals surface area contributed by atoms with E-state index in [1.807, 2.05) is 76.2 Å². The van der Waals surface area contributed by atoms with Crippen molar-refractivity contribution in [1.29, 1.82) is 0 Å². The molecule has 0 aromatic heterocycles. The molecule has 0 unspecified atom stereocenters. The van der Waals surface area contributed by atoms with E-state index in [1.54, 1.807) is 18.2 Å². The van der Waals surface area contributed by atoms with Crippen molar-refractivity contribution in [1.82, 2.24) is 10.2 Å². The summed E-state index contributed by atoms with van der Waals surface area (Å²) in [5.41, 5.74) is 2.08. The van der Waals surface area contributed by atoms with Crippen molar-refractivity contribution in [3.05, 3.63) is 101 Å². The number of nitrogens with one attached hydrogen (secondary N) is 1. The molecule has 6 heteroatoms. The monoisotopic (exact) mass is 476 g/mol. The zero-order chi connectivity index (χ0) is 25.4. The summed E-state index contributed by atoms with van der Waals surface area (Å²) in [5.74, 6) is -0.336. The van der Waals surface area contributed by atoms with Crippen LogP contribution in [0.1, 0.15) is 37.5 Å². The largest absolute Gasteiger partial charge is 0.484 e. The number of ether oxygens (including phenoxy) is 1. The smallest absolute Gasteiger partial charge is 0.261 e. The van der Waals surface area contributed by atoms with Crippen molar-refractivity contribution in [2.75, 3.05) is 6.61 Å². The molecule has 1 atom stereocenters. The molecule has 0 aliphatic carbocycles. The van der Waals surface area contributed by atoms with Crippen LogP contribution in [0, 0.1) is 12.7 Å². The quantitative estimate of drug-likeness (QED) is 0.469. The van der Waals surface area contributed by atoms with E-state index in [0.717, 1.165) is 16.7 Å². The van der Waals surface area contributed by atoms with Crippen LogP contribution in [0.15, 0.2) is 78.9 Å². The van der Waals surface area contributed by atoms with E-state index in [4.69, 9.17) is 4.74 Å². The van der Waals surface area contributed by atoms with E-state index in [0.29, 0.717) is 12.2 Å². The van der Waals surface area contributed by atoms with Crippen LogP contribution in [0.2, 0.25) is 0 Å². The van der Waals surface area contributed by atoms with Gasteiger partial charge in [0, 0.05) is 18.5 Å². The second-order valence-corrected chi connectivity index (χ2v) is 9.65. The van der Waals surface area contributed by atoms with Gasteiger partial charge in [-0.3, -0.25) is 9.59 Å². The molecule has 0 saturated carbocycles. The van der Waals surface area contributed by atoms with Crippen molar-refractivity contribution in [2.24, 2.45) is 0 Å². The first-order valence-corrected chi connectivity index (χ1v) is 11.7. The van der Waals surface area contributed by atoms with Gasteiger partial charge in [0.1, 0.15) is 17.6 Å². The fraction of sp³-hybridized carbons (Fsp3) is 0.310. The van der Waals surface area contributed by atoms with E-state index in [1.165, 1.54) is 17.0 Å². The Balaban J connectivity index is 1.93. The van der Waals surface area contributed by atoms with E-state index in [-0.39, 0.29) is 30.8 Å². The molecule has 3 rings (SSSR count). The molecule has 0 aliphatic rings. The first-order chi connectivity index (χ1) is 16.6. The van der Waals surface area contributed by atoms with Gasteiger partial charge >= 0.3 is 0 Å². The fourth-order valence-corrected chi connectivity index (χ4v) is 3.73. The fourth-order valence-electron chi connectivity index (χ4n) is 3.73. The number of carbonyl (C=O) groups excluding carboxylic acids is 2. The maximum Gasteiger partial charge on any atom is 0.261 e. The second kappa shape index (κ2) is 11.6. The first kappa shape index (κ1) is 25.9. The molecule has 0 bridgehead atoms. The van der Waals surface area contributed by atoms with Crippen LogP contribution < -0.4 is 10.1 Å². The number of aryl methyl sites for hydroxylation is 1. The van der Waals surface area contributed by atoms with Crippen molar-refractivity contribution in [3.8, 4) is 5.75 Å². The minimum absolute atomic E-state index is 0.144. The van der Waals surface area contributed by atoms with Gasteiger partial charge in [0.2, 0.25) is 5.91 Å². The second-order valence-electron chi connectivity index (χ2n) is 9.65. The van der Waals surface area contributed by atoms with Crippen LogP contribution in [-0.2, 0) is 22.6 Å². The highest BCUT2D eigenvalue weighted by molar-refractivity contribution is 5.89. The Morgan fingerprint density at radius 2 is 1.54 bits per heavy atom. The lowest BCUT2D eigenvalue weighted by Crippen LogP contribution is -2.55. The summed E-state index contributed by atoms with van der Waals surface area (Å²) >= 11 is 0. The van der Waals surface area contributed by atoms with Gasteiger partial charge in [-0.15, -0.1) is 0 Å². The molecule has 35 heavy (non-hydrogen) atoms. The molecular weight excluding hydrogens is 443 g/mol. The Kier molecular flexibility index (Phi) is 8.63. The average molecular weight is 477 g/mol. The van der Waals surface area contributed by atoms with Gasteiger partial charge in [-0.1, -0.05) is 60.7 Å². The third-order valence-corrected chi connectivity index (χ3v) is 5.48. The number of carbonyl (C=O) groups is 2. The molecule has 184 valence electrons. The zero-order valence-corrected chi connectivity index (χ0v) is 20.8. The van der Waals surface area contributed by atoms with Crippen molar-refractivity contribution < 1.29 is 18.7 Å². The molecular formula is C29H33FN2O3. The summed E-state index contributed by atoms with van der Waals surface area (Å²) < 4.78 is 19.4. The highest BCUT2D eigenvalue weighted by Gasteiger charge is 2.32. The van der Waals surface area contributed by atoms with E-state index >= 15 is 0 Å². The minimum atomic E-state index is -0.783. The van der Waals surface area contributed by atoms with Gasteiger partial charge < -0.3 is 15.0 Å². The van der Waals surface area contributed by atoms with Gasteiger partial charge in [-0.25, -0.2) is 4.39 Å². The highest BCUT2D eigenvalue weighted by atomic mass is 19.1. The Bertz CT molecular complexity index is 1120. The molecule has 0 spiro atoms. The summed E-state index contributed by atoms with van der Waals surface area (Å²) in [6.07, 6.45) is 0.333. The van der Waals surface area contributed by atoms with Crippen LogP contribution in [0.4, 0.5) is 4.39 Å². The zero-order valence-electron chi connectivity index (χ0n) is 20.8. The lowest BCUT2D eigenvalue weighted by Gasteiger charge is -2.33. The molecule has 3 aromatic rings. The molecule has 1 N–H and O–H groups in total. The summed E-state index contributed by atoms with van der Waals surface area (Å²) in [6, 6.07) is 22.2. The van der Waals surface area contributed by atoms with Crippen molar-refractivity contribution in [3.63, 3.8) is 0 Å². The SMILES string of the molecule is Cc1ccccc1OCC(=O)N(Cc1ccc(F)cc1)[C@@H](Cc1ccccc1)C(=O)NC(C)(C)C.